The van der Waals surface area contributed by atoms with Crippen LogP contribution >= 0.6 is 0 Å². The molecule has 0 unspecified atom stereocenters. The Morgan fingerprint density at radius 1 is 0.577 bits per heavy atom. The molecule has 4 atom stereocenters. The summed E-state index contributed by atoms with van der Waals surface area (Å²) in [4.78, 5) is 24.3. The third-order valence-corrected chi connectivity index (χ3v) is 8.92. The molecular formula is C44H76O8. The zero-order valence-corrected chi connectivity index (χ0v) is 32.9. The number of aliphatic hydroxyl groups is 4. The van der Waals surface area contributed by atoms with Crippen molar-refractivity contribution in [3.05, 3.63) is 60.8 Å². The molecule has 0 saturated carbocycles. The highest BCUT2D eigenvalue weighted by atomic mass is 16.6. The van der Waals surface area contributed by atoms with Gasteiger partial charge in [-0.2, -0.15) is 0 Å². The summed E-state index contributed by atoms with van der Waals surface area (Å²) in [5.41, 5.74) is 0. The van der Waals surface area contributed by atoms with Crippen molar-refractivity contribution in [3.63, 3.8) is 0 Å². The van der Waals surface area contributed by atoms with Gasteiger partial charge in [0.1, 0.15) is 6.61 Å². The molecule has 300 valence electrons. The molecule has 0 aliphatic carbocycles. The van der Waals surface area contributed by atoms with Crippen molar-refractivity contribution in [1.29, 1.82) is 0 Å². The van der Waals surface area contributed by atoms with E-state index in [9.17, 15) is 30.0 Å². The normalized spacial score (nSPS) is 14.7. The molecule has 0 amide bonds. The van der Waals surface area contributed by atoms with Crippen molar-refractivity contribution in [3.8, 4) is 0 Å². The second-order valence-corrected chi connectivity index (χ2v) is 13.9. The van der Waals surface area contributed by atoms with Crippen molar-refractivity contribution in [1.82, 2.24) is 0 Å². The van der Waals surface area contributed by atoms with Crippen LogP contribution in [-0.4, -0.2) is 70.0 Å². The van der Waals surface area contributed by atoms with Gasteiger partial charge in [0.15, 0.2) is 6.10 Å². The van der Waals surface area contributed by atoms with Crippen molar-refractivity contribution in [2.24, 2.45) is 0 Å². The van der Waals surface area contributed by atoms with Crippen molar-refractivity contribution in [2.75, 3.05) is 13.2 Å². The van der Waals surface area contributed by atoms with E-state index in [1.165, 1.54) is 102 Å². The highest BCUT2D eigenvalue weighted by Gasteiger charge is 2.17. The van der Waals surface area contributed by atoms with Gasteiger partial charge in [0.2, 0.25) is 0 Å². The van der Waals surface area contributed by atoms with Crippen LogP contribution in [0.2, 0.25) is 0 Å². The van der Waals surface area contributed by atoms with Gasteiger partial charge < -0.3 is 29.9 Å². The van der Waals surface area contributed by atoms with Crippen LogP contribution in [0.5, 0.6) is 0 Å². The largest absolute Gasteiger partial charge is 0.462 e. The van der Waals surface area contributed by atoms with Crippen LogP contribution < -0.4 is 0 Å². The standard InChI is InChI=1S/C44H76O8/c1-3-5-7-8-9-10-11-12-13-14-15-16-17-18-19-20-25-29-35-44(50)52-40(37-45)38-51-43(49)36-30-34-42(48)41(47)33-28-24-22-21-23-27-32-39(46)31-26-6-4-2/h6,21-24,26-28,32-33,39-42,45-48H,3-5,7-20,25,29-31,34-38H2,1-2H3/b23-21+,24-22-,26-6-,32-27+,33-28-/t39-,40+,41+,42+/m1/s1. The first-order chi connectivity index (χ1) is 25.3. The number of rotatable bonds is 36. The molecule has 0 saturated heterocycles. The molecule has 0 radical (unpaired) electrons. The van der Waals surface area contributed by atoms with Crippen LogP contribution in [-0.2, 0) is 19.1 Å². The van der Waals surface area contributed by atoms with E-state index >= 15 is 0 Å². The fraction of sp³-hybridized carbons (Fsp3) is 0.727. The van der Waals surface area contributed by atoms with E-state index in [2.05, 4.69) is 6.92 Å². The Morgan fingerprint density at radius 2 is 1.06 bits per heavy atom. The Hall–Kier alpha value is -2.52. The monoisotopic (exact) mass is 733 g/mol. The molecule has 0 rings (SSSR count). The van der Waals surface area contributed by atoms with E-state index in [0.29, 0.717) is 12.8 Å². The number of carbonyl (C=O) groups is 2. The van der Waals surface area contributed by atoms with E-state index in [4.69, 9.17) is 9.47 Å². The van der Waals surface area contributed by atoms with E-state index in [1.54, 1.807) is 42.5 Å². The van der Waals surface area contributed by atoms with E-state index in [0.717, 1.165) is 25.7 Å². The topological polar surface area (TPSA) is 134 Å². The van der Waals surface area contributed by atoms with Gasteiger partial charge in [-0.25, -0.2) is 0 Å². The average molecular weight is 733 g/mol. The second kappa shape index (κ2) is 38.2. The number of aliphatic hydroxyl groups excluding tert-OH is 4. The summed E-state index contributed by atoms with van der Waals surface area (Å²) in [6, 6.07) is 0. The van der Waals surface area contributed by atoms with Gasteiger partial charge in [0, 0.05) is 12.8 Å². The number of ether oxygens (including phenoxy) is 2. The molecule has 0 heterocycles. The fourth-order valence-corrected chi connectivity index (χ4v) is 5.66. The lowest BCUT2D eigenvalue weighted by atomic mass is 10.0. The molecule has 0 aromatic carbocycles. The summed E-state index contributed by atoms with van der Waals surface area (Å²) in [5, 5.41) is 39.7. The summed E-state index contributed by atoms with van der Waals surface area (Å²) >= 11 is 0. The Morgan fingerprint density at radius 3 is 1.58 bits per heavy atom. The summed E-state index contributed by atoms with van der Waals surface area (Å²) < 4.78 is 10.4. The predicted octanol–water partition coefficient (Wildman–Crippen LogP) is 9.70. The first-order valence-corrected chi connectivity index (χ1v) is 20.7. The van der Waals surface area contributed by atoms with Gasteiger partial charge in [-0.05, 0) is 32.1 Å². The van der Waals surface area contributed by atoms with Crippen LogP contribution in [0.3, 0.4) is 0 Å². The van der Waals surface area contributed by atoms with E-state index in [-0.39, 0.29) is 25.9 Å². The molecule has 52 heavy (non-hydrogen) atoms. The minimum atomic E-state index is -1.09. The third-order valence-electron chi connectivity index (χ3n) is 8.92. The fourth-order valence-electron chi connectivity index (χ4n) is 5.66. The smallest absolute Gasteiger partial charge is 0.306 e. The van der Waals surface area contributed by atoms with Crippen LogP contribution in [0, 0.1) is 0 Å². The summed E-state index contributed by atoms with van der Waals surface area (Å²) in [6.07, 6.45) is 39.5. The molecule has 0 aromatic heterocycles. The minimum absolute atomic E-state index is 0.0285. The van der Waals surface area contributed by atoms with Crippen molar-refractivity contribution in [2.45, 2.75) is 192 Å². The number of hydrogen-bond donors (Lipinski definition) is 4. The highest BCUT2D eigenvalue weighted by Crippen LogP contribution is 2.15. The lowest BCUT2D eigenvalue weighted by Crippen LogP contribution is -2.28. The number of hydrogen-bond acceptors (Lipinski definition) is 8. The maximum absolute atomic E-state index is 12.2. The maximum atomic E-state index is 12.2. The van der Waals surface area contributed by atoms with Crippen LogP contribution in [0.25, 0.3) is 0 Å². The number of unbranched alkanes of at least 4 members (excludes halogenated alkanes) is 17. The lowest BCUT2D eigenvalue weighted by molar-refractivity contribution is -0.161. The van der Waals surface area contributed by atoms with E-state index < -0.39 is 43.0 Å². The molecular weight excluding hydrogens is 656 g/mol. The maximum Gasteiger partial charge on any atom is 0.306 e. The first kappa shape index (κ1) is 49.5. The molecule has 0 spiro atoms. The summed E-state index contributed by atoms with van der Waals surface area (Å²) in [5.74, 6) is -0.922. The van der Waals surface area contributed by atoms with Crippen LogP contribution in [0.4, 0.5) is 0 Å². The lowest BCUT2D eigenvalue weighted by Gasteiger charge is -2.16. The Labute approximate surface area is 317 Å². The van der Waals surface area contributed by atoms with Crippen LogP contribution in [0.15, 0.2) is 60.8 Å². The highest BCUT2D eigenvalue weighted by molar-refractivity contribution is 5.70. The molecule has 8 heteroatoms. The third kappa shape index (κ3) is 34.6. The quantitative estimate of drug-likeness (QED) is 0.0217. The molecule has 0 aliphatic heterocycles. The zero-order valence-electron chi connectivity index (χ0n) is 32.9. The first-order valence-electron chi connectivity index (χ1n) is 20.7. The molecule has 0 aliphatic rings. The van der Waals surface area contributed by atoms with Gasteiger partial charge in [0.05, 0.1) is 24.9 Å². The molecule has 0 fully saturated rings. The van der Waals surface area contributed by atoms with Gasteiger partial charge in [-0.15, -0.1) is 0 Å². The minimum Gasteiger partial charge on any atom is -0.462 e. The number of allylic oxidation sites excluding steroid dienone is 7. The van der Waals surface area contributed by atoms with E-state index in [1.807, 2.05) is 19.1 Å². The number of esters is 2. The zero-order chi connectivity index (χ0) is 38.3. The Kier molecular flexibility index (Phi) is 36.4. The molecule has 0 aromatic rings. The molecule has 0 bridgehead atoms. The predicted molar refractivity (Wildman–Crippen MR) is 214 cm³/mol. The second-order valence-electron chi connectivity index (χ2n) is 13.9. The van der Waals surface area contributed by atoms with Crippen molar-refractivity contribution >= 4 is 11.9 Å². The molecule has 4 N–H and O–H groups in total. The Balaban J connectivity index is 3.86. The van der Waals surface area contributed by atoms with Crippen LogP contribution in [0.1, 0.15) is 168 Å². The molecule has 8 nitrogen and oxygen atoms in total. The average Bonchev–Trinajstić information content (AvgIpc) is 3.13. The van der Waals surface area contributed by atoms with Gasteiger partial charge in [-0.1, -0.05) is 184 Å². The number of carbonyl (C=O) groups excluding carboxylic acids is 2. The Bertz CT molecular complexity index is 969. The van der Waals surface area contributed by atoms with Gasteiger partial charge >= 0.3 is 11.9 Å². The van der Waals surface area contributed by atoms with Crippen molar-refractivity contribution < 1.29 is 39.5 Å². The van der Waals surface area contributed by atoms with Gasteiger partial charge in [-0.3, -0.25) is 9.59 Å². The van der Waals surface area contributed by atoms with Gasteiger partial charge in [0.25, 0.3) is 0 Å². The SMILES string of the molecule is CC/C=C\C[C@@H](O)/C=C/C=C/C=C\C=C/[C@H](O)[C@@H](O)CCCC(=O)OC[C@H](CO)OC(=O)CCCCCCCCCCCCCCCCCCCC. The summed E-state index contributed by atoms with van der Waals surface area (Å²) in [7, 11) is 0. The summed E-state index contributed by atoms with van der Waals surface area (Å²) in [6.45, 7) is 3.66.